The van der Waals surface area contributed by atoms with E-state index in [1.807, 2.05) is 6.92 Å². The van der Waals surface area contributed by atoms with Crippen LogP contribution in [-0.2, 0) is 10.9 Å². The van der Waals surface area contributed by atoms with Crippen molar-refractivity contribution in [3.05, 3.63) is 34.3 Å². The predicted molar refractivity (Wildman–Crippen MR) is 80.6 cm³/mol. The third kappa shape index (κ3) is 4.16. The number of likely N-dealkylation sites (tertiary alicyclic amines) is 1. The number of hydrogen-bond acceptors (Lipinski definition) is 3. The molecule has 1 amide bonds. The van der Waals surface area contributed by atoms with Gasteiger partial charge in [0.1, 0.15) is 0 Å². The lowest BCUT2D eigenvalue weighted by Crippen LogP contribution is -2.43. The molecule has 1 aliphatic rings. The van der Waals surface area contributed by atoms with E-state index in [0.717, 1.165) is 24.7 Å². The van der Waals surface area contributed by atoms with Gasteiger partial charge in [0.05, 0.1) is 28.3 Å². The van der Waals surface area contributed by atoms with E-state index in [1.165, 1.54) is 0 Å². The van der Waals surface area contributed by atoms with Crippen LogP contribution in [0.3, 0.4) is 0 Å². The van der Waals surface area contributed by atoms with Crippen molar-refractivity contribution in [2.75, 3.05) is 26.7 Å². The standard InChI is InChI=1S/C15H18ClF3N2O2/c1-3-21-7-12(13(8-21)23-2)20-14(22)10-6-9(15(17,18)19)4-5-11(10)16/h4-6,12-13H,3,7-8H2,1-2H3,(H,20,22)/t12-,13-/m1/s1. The number of hydrogen-bond donors (Lipinski definition) is 1. The van der Waals surface area contributed by atoms with E-state index < -0.39 is 17.6 Å². The van der Waals surface area contributed by atoms with Crippen LogP contribution in [0.4, 0.5) is 13.2 Å². The molecule has 2 rings (SSSR count). The first-order chi connectivity index (χ1) is 10.8. The minimum absolute atomic E-state index is 0.0187. The molecule has 1 aromatic carbocycles. The smallest absolute Gasteiger partial charge is 0.378 e. The van der Waals surface area contributed by atoms with Gasteiger partial charge in [-0.2, -0.15) is 13.2 Å². The van der Waals surface area contributed by atoms with Crippen LogP contribution in [0.2, 0.25) is 5.02 Å². The summed E-state index contributed by atoms with van der Waals surface area (Å²) >= 11 is 5.88. The number of rotatable bonds is 4. The molecule has 1 saturated heterocycles. The Morgan fingerprint density at radius 1 is 1.43 bits per heavy atom. The summed E-state index contributed by atoms with van der Waals surface area (Å²) < 4.78 is 43.7. The Balaban J connectivity index is 2.17. The van der Waals surface area contributed by atoms with Crippen molar-refractivity contribution in [1.82, 2.24) is 10.2 Å². The highest BCUT2D eigenvalue weighted by atomic mass is 35.5. The van der Waals surface area contributed by atoms with Gasteiger partial charge in [-0.1, -0.05) is 18.5 Å². The minimum atomic E-state index is -4.53. The molecular weight excluding hydrogens is 333 g/mol. The molecule has 0 bridgehead atoms. The predicted octanol–water partition coefficient (Wildman–Crippen LogP) is 2.81. The molecule has 1 aliphatic heterocycles. The van der Waals surface area contributed by atoms with E-state index in [1.54, 1.807) is 7.11 Å². The summed E-state index contributed by atoms with van der Waals surface area (Å²) in [5.41, 5.74) is -1.09. The van der Waals surface area contributed by atoms with Gasteiger partial charge in [-0.15, -0.1) is 0 Å². The molecule has 1 fully saturated rings. The topological polar surface area (TPSA) is 41.6 Å². The van der Waals surface area contributed by atoms with Gasteiger partial charge < -0.3 is 10.1 Å². The average molecular weight is 351 g/mol. The molecule has 4 nitrogen and oxygen atoms in total. The molecule has 0 saturated carbocycles. The van der Waals surface area contributed by atoms with E-state index in [-0.39, 0.29) is 22.7 Å². The molecule has 0 spiro atoms. The number of halogens is 4. The number of methoxy groups -OCH3 is 1. The Morgan fingerprint density at radius 2 is 2.13 bits per heavy atom. The van der Waals surface area contributed by atoms with Gasteiger partial charge >= 0.3 is 6.18 Å². The van der Waals surface area contributed by atoms with Gasteiger partial charge in [0.15, 0.2) is 0 Å². The molecule has 1 heterocycles. The van der Waals surface area contributed by atoms with Gasteiger partial charge in [0.25, 0.3) is 5.91 Å². The van der Waals surface area contributed by atoms with E-state index in [4.69, 9.17) is 16.3 Å². The van der Waals surface area contributed by atoms with Gasteiger partial charge in [-0.05, 0) is 24.7 Å². The van der Waals surface area contributed by atoms with Crippen LogP contribution in [-0.4, -0.2) is 49.7 Å². The van der Waals surface area contributed by atoms with Crippen molar-refractivity contribution in [2.45, 2.75) is 25.2 Å². The normalized spacial score (nSPS) is 22.3. The molecule has 0 radical (unpaired) electrons. The Hall–Kier alpha value is -1.31. The van der Waals surface area contributed by atoms with Crippen molar-refractivity contribution in [3.63, 3.8) is 0 Å². The van der Waals surface area contributed by atoms with Crippen molar-refractivity contribution in [3.8, 4) is 0 Å². The zero-order valence-corrected chi connectivity index (χ0v) is 13.5. The molecule has 8 heteroatoms. The molecule has 0 unspecified atom stereocenters. The molecule has 0 aromatic heterocycles. The molecule has 2 atom stereocenters. The number of likely N-dealkylation sites (N-methyl/N-ethyl adjacent to an activating group) is 1. The van der Waals surface area contributed by atoms with Crippen molar-refractivity contribution in [2.24, 2.45) is 0 Å². The maximum atomic E-state index is 12.8. The first-order valence-corrected chi connectivity index (χ1v) is 7.56. The molecule has 1 N–H and O–H groups in total. The van der Waals surface area contributed by atoms with Gasteiger partial charge in [0, 0.05) is 20.2 Å². The molecule has 128 valence electrons. The molecule has 0 aliphatic carbocycles. The molecule has 23 heavy (non-hydrogen) atoms. The number of carbonyl (C=O) groups is 1. The van der Waals surface area contributed by atoms with Gasteiger partial charge in [0.2, 0.25) is 0 Å². The van der Waals surface area contributed by atoms with Crippen molar-refractivity contribution < 1.29 is 22.7 Å². The maximum Gasteiger partial charge on any atom is 0.416 e. The summed E-state index contributed by atoms with van der Waals surface area (Å²) in [5, 5.41) is 2.70. The highest BCUT2D eigenvalue weighted by Gasteiger charge is 2.35. The third-order valence-electron chi connectivity index (χ3n) is 3.95. The highest BCUT2D eigenvalue weighted by Crippen LogP contribution is 2.31. The first kappa shape index (κ1) is 18.0. The van der Waals surface area contributed by atoms with E-state index in [9.17, 15) is 18.0 Å². The number of ether oxygens (including phenoxy) is 1. The van der Waals surface area contributed by atoms with Crippen LogP contribution < -0.4 is 5.32 Å². The fourth-order valence-corrected chi connectivity index (χ4v) is 2.81. The number of benzene rings is 1. The summed E-state index contributed by atoms with van der Waals surface area (Å²) in [6.07, 6.45) is -4.73. The zero-order chi connectivity index (χ0) is 17.2. The van der Waals surface area contributed by atoms with Crippen LogP contribution in [0.1, 0.15) is 22.8 Å². The number of nitrogens with zero attached hydrogens (tertiary/aromatic N) is 1. The van der Waals surface area contributed by atoms with Crippen LogP contribution in [0, 0.1) is 0 Å². The van der Waals surface area contributed by atoms with Crippen molar-refractivity contribution >= 4 is 17.5 Å². The second kappa shape index (κ2) is 7.07. The van der Waals surface area contributed by atoms with Crippen LogP contribution >= 0.6 is 11.6 Å². The Labute approximate surface area is 137 Å². The fourth-order valence-electron chi connectivity index (χ4n) is 2.61. The van der Waals surface area contributed by atoms with Crippen LogP contribution in [0.15, 0.2) is 18.2 Å². The van der Waals surface area contributed by atoms with E-state index >= 15 is 0 Å². The average Bonchev–Trinajstić information content (AvgIpc) is 2.88. The zero-order valence-electron chi connectivity index (χ0n) is 12.8. The first-order valence-electron chi connectivity index (χ1n) is 7.19. The lowest BCUT2D eigenvalue weighted by Gasteiger charge is -2.19. The molecule has 1 aromatic rings. The third-order valence-corrected chi connectivity index (χ3v) is 4.28. The Morgan fingerprint density at radius 3 is 2.70 bits per heavy atom. The number of carbonyl (C=O) groups excluding carboxylic acids is 1. The second-order valence-corrected chi connectivity index (χ2v) is 5.81. The van der Waals surface area contributed by atoms with Gasteiger partial charge in [-0.25, -0.2) is 0 Å². The highest BCUT2D eigenvalue weighted by molar-refractivity contribution is 6.33. The number of alkyl halides is 3. The van der Waals surface area contributed by atoms with E-state index in [2.05, 4.69) is 10.2 Å². The largest absolute Gasteiger partial charge is 0.416 e. The Kier molecular flexibility index (Phi) is 5.54. The summed E-state index contributed by atoms with van der Waals surface area (Å²) in [4.78, 5) is 14.4. The number of amides is 1. The quantitative estimate of drug-likeness (QED) is 0.908. The lowest BCUT2D eigenvalue weighted by atomic mass is 10.1. The monoisotopic (exact) mass is 350 g/mol. The summed E-state index contributed by atoms with van der Waals surface area (Å²) in [6.45, 7) is 4.03. The second-order valence-electron chi connectivity index (χ2n) is 5.40. The molecular formula is C15H18ClF3N2O2. The minimum Gasteiger partial charge on any atom is -0.378 e. The van der Waals surface area contributed by atoms with E-state index in [0.29, 0.717) is 13.1 Å². The SMILES string of the molecule is CCN1C[C@@H](NC(=O)c2cc(C(F)(F)F)ccc2Cl)[C@H](OC)C1. The maximum absolute atomic E-state index is 12.8. The van der Waals surface area contributed by atoms with Crippen LogP contribution in [0.25, 0.3) is 0 Å². The summed E-state index contributed by atoms with van der Waals surface area (Å²) in [6, 6.07) is 2.41. The van der Waals surface area contributed by atoms with Crippen LogP contribution in [0.5, 0.6) is 0 Å². The summed E-state index contributed by atoms with van der Waals surface area (Å²) in [5.74, 6) is -0.633. The lowest BCUT2D eigenvalue weighted by molar-refractivity contribution is -0.137. The van der Waals surface area contributed by atoms with Gasteiger partial charge in [-0.3, -0.25) is 9.69 Å². The fraction of sp³-hybridized carbons (Fsp3) is 0.533. The Bertz CT molecular complexity index is 580. The summed E-state index contributed by atoms with van der Waals surface area (Å²) in [7, 11) is 1.54. The number of nitrogens with one attached hydrogen (secondary N) is 1. The van der Waals surface area contributed by atoms with Crippen molar-refractivity contribution in [1.29, 1.82) is 0 Å².